The molecule has 0 aliphatic heterocycles. The van der Waals surface area contributed by atoms with Gasteiger partial charge in [0, 0.05) is 18.7 Å². The Morgan fingerprint density at radius 2 is 1.94 bits per heavy atom. The van der Waals surface area contributed by atoms with Crippen LogP contribution in [0, 0.1) is 6.92 Å². The first-order chi connectivity index (χ1) is 8.06. The monoisotopic (exact) mass is 235 g/mol. The Kier molecular flexibility index (Phi) is 4.69. The lowest BCUT2D eigenvalue weighted by molar-refractivity contribution is -0.136. The molecular formula is C13H17NO3. The van der Waals surface area contributed by atoms with Crippen LogP contribution in [0.2, 0.25) is 0 Å². The molecule has 0 fully saturated rings. The number of benzene rings is 1. The minimum atomic E-state index is -0.896. The normalized spacial score (nSPS) is 10.0. The van der Waals surface area contributed by atoms with Crippen molar-refractivity contribution in [3.05, 3.63) is 29.8 Å². The molecule has 4 nitrogen and oxygen atoms in total. The summed E-state index contributed by atoms with van der Waals surface area (Å²) in [6, 6.07) is 7.49. The average molecular weight is 235 g/mol. The van der Waals surface area contributed by atoms with Crippen LogP contribution in [-0.2, 0) is 9.59 Å². The summed E-state index contributed by atoms with van der Waals surface area (Å²) in [6.07, 6.45) is 0.327. The largest absolute Gasteiger partial charge is 0.481 e. The van der Waals surface area contributed by atoms with Gasteiger partial charge in [0.1, 0.15) is 0 Å². The first-order valence-electron chi connectivity index (χ1n) is 5.64. The van der Waals surface area contributed by atoms with Crippen molar-refractivity contribution in [3.8, 4) is 0 Å². The maximum absolute atomic E-state index is 11.8. The van der Waals surface area contributed by atoms with Crippen LogP contribution < -0.4 is 4.90 Å². The molecule has 1 amide bonds. The SMILES string of the molecule is CCC(=O)N(CCC(=O)O)c1ccccc1C. The van der Waals surface area contributed by atoms with E-state index in [0.29, 0.717) is 6.42 Å². The molecule has 0 aliphatic carbocycles. The zero-order chi connectivity index (χ0) is 12.8. The Morgan fingerprint density at radius 1 is 1.29 bits per heavy atom. The van der Waals surface area contributed by atoms with Gasteiger partial charge in [-0.2, -0.15) is 0 Å². The topological polar surface area (TPSA) is 57.6 Å². The van der Waals surface area contributed by atoms with Gasteiger partial charge in [0.05, 0.1) is 6.42 Å². The first-order valence-corrected chi connectivity index (χ1v) is 5.64. The summed E-state index contributed by atoms with van der Waals surface area (Å²) in [6.45, 7) is 3.90. The van der Waals surface area contributed by atoms with Gasteiger partial charge >= 0.3 is 5.97 Å². The molecule has 92 valence electrons. The Balaban J connectivity index is 2.94. The molecule has 0 spiro atoms. The van der Waals surface area contributed by atoms with Crippen LogP contribution in [0.5, 0.6) is 0 Å². The van der Waals surface area contributed by atoms with Gasteiger partial charge < -0.3 is 10.0 Å². The van der Waals surface area contributed by atoms with E-state index in [9.17, 15) is 9.59 Å². The fraction of sp³-hybridized carbons (Fsp3) is 0.385. The van der Waals surface area contributed by atoms with Crippen LogP contribution in [0.15, 0.2) is 24.3 Å². The number of anilines is 1. The summed E-state index contributed by atoms with van der Waals surface area (Å²) >= 11 is 0. The number of carbonyl (C=O) groups is 2. The summed E-state index contributed by atoms with van der Waals surface area (Å²) in [5, 5.41) is 8.70. The van der Waals surface area contributed by atoms with Crippen LogP contribution in [0.3, 0.4) is 0 Å². The molecule has 0 heterocycles. The third-order valence-corrected chi connectivity index (χ3v) is 2.56. The number of carboxylic acid groups (broad SMARTS) is 1. The highest BCUT2D eigenvalue weighted by atomic mass is 16.4. The molecular weight excluding hydrogens is 218 g/mol. The second kappa shape index (κ2) is 6.03. The zero-order valence-corrected chi connectivity index (χ0v) is 10.1. The van der Waals surface area contributed by atoms with Crippen molar-refractivity contribution in [2.75, 3.05) is 11.4 Å². The molecule has 4 heteroatoms. The number of hydrogen-bond acceptors (Lipinski definition) is 2. The fourth-order valence-electron chi connectivity index (χ4n) is 1.64. The maximum atomic E-state index is 11.8. The Morgan fingerprint density at radius 3 is 2.47 bits per heavy atom. The summed E-state index contributed by atoms with van der Waals surface area (Å²) < 4.78 is 0. The van der Waals surface area contributed by atoms with E-state index in [1.807, 2.05) is 31.2 Å². The number of carbonyl (C=O) groups excluding carboxylic acids is 1. The fourth-order valence-corrected chi connectivity index (χ4v) is 1.64. The number of amides is 1. The molecule has 1 aromatic rings. The van der Waals surface area contributed by atoms with E-state index in [4.69, 9.17) is 5.11 Å². The second-order valence-corrected chi connectivity index (χ2v) is 3.83. The number of aryl methyl sites for hydroxylation is 1. The van der Waals surface area contributed by atoms with E-state index in [0.717, 1.165) is 11.3 Å². The van der Waals surface area contributed by atoms with Gasteiger partial charge in [-0.3, -0.25) is 9.59 Å². The van der Waals surface area contributed by atoms with Gasteiger partial charge in [0.25, 0.3) is 0 Å². The highest BCUT2D eigenvalue weighted by molar-refractivity contribution is 5.94. The third kappa shape index (κ3) is 3.59. The predicted octanol–water partition coefficient (Wildman–Crippen LogP) is 2.21. The number of nitrogens with zero attached hydrogens (tertiary/aromatic N) is 1. The van der Waals surface area contributed by atoms with E-state index < -0.39 is 5.97 Å². The average Bonchev–Trinajstić information content (AvgIpc) is 2.30. The molecule has 0 atom stereocenters. The molecule has 0 aliphatic rings. The molecule has 17 heavy (non-hydrogen) atoms. The van der Waals surface area contributed by atoms with Gasteiger partial charge in [-0.15, -0.1) is 0 Å². The molecule has 1 rings (SSSR count). The lowest BCUT2D eigenvalue weighted by Crippen LogP contribution is -2.32. The smallest absolute Gasteiger partial charge is 0.305 e. The summed E-state index contributed by atoms with van der Waals surface area (Å²) in [5.41, 5.74) is 1.76. The van der Waals surface area contributed by atoms with Gasteiger partial charge in [0.15, 0.2) is 0 Å². The van der Waals surface area contributed by atoms with Crippen molar-refractivity contribution in [1.82, 2.24) is 0 Å². The van der Waals surface area contributed by atoms with Crippen molar-refractivity contribution in [3.63, 3.8) is 0 Å². The minimum Gasteiger partial charge on any atom is -0.481 e. The molecule has 0 saturated heterocycles. The van der Waals surface area contributed by atoms with Crippen LogP contribution in [0.25, 0.3) is 0 Å². The lowest BCUT2D eigenvalue weighted by atomic mass is 10.1. The van der Waals surface area contributed by atoms with Gasteiger partial charge in [-0.05, 0) is 18.6 Å². The molecule has 0 saturated carbocycles. The lowest BCUT2D eigenvalue weighted by Gasteiger charge is -2.23. The van der Waals surface area contributed by atoms with E-state index in [-0.39, 0.29) is 18.9 Å². The number of carboxylic acids is 1. The maximum Gasteiger partial charge on any atom is 0.305 e. The highest BCUT2D eigenvalue weighted by Gasteiger charge is 2.16. The summed E-state index contributed by atoms with van der Waals surface area (Å²) in [4.78, 5) is 23.9. The Hall–Kier alpha value is -1.84. The van der Waals surface area contributed by atoms with Crippen molar-refractivity contribution in [2.45, 2.75) is 26.7 Å². The Bertz CT molecular complexity index is 415. The van der Waals surface area contributed by atoms with E-state index in [1.54, 1.807) is 11.8 Å². The third-order valence-electron chi connectivity index (χ3n) is 2.56. The summed E-state index contributed by atoms with van der Waals surface area (Å²) in [5.74, 6) is -0.951. The van der Waals surface area contributed by atoms with Gasteiger partial charge in [-0.25, -0.2) is 0 Å². The minimum absolute atomic E-state index is 0.0416. The molecule has 1 N–H and O–H groups in total. The first kappa shape index (κ1) is 13.2. The molecule has 0 bridgehead atoms. The quantitative estimate of drug-likeness (QED) is 0.851. The van der Waals surface area contributed by atoms with E-state index in [2.05, 4.69) is 0 Å². The van der Waals surface area contributed by atoms with Crippen LogP contribution in [0.1, 0.15) is 25.3 Å². The Labute approximate surface area is 101 Å². The number of para-hydroxylation sites is 1. The van der Waals surface area contributed by atoms with Crippen molar-refractivity contribution in [2.24, 2.45) is 0 Å². The summed E-state index contributed by atoms with van der Waals surface area (Å²) in [7, 11) is 0. The van der Waals surface area contributed by atoms with Crippen molar-refractivity contribution < 1.29 is 14.7 Å². The highest BCUT2D eigenvalue weighted by Crippen LogP contribution is 2.20. The van der Waals surface area contributed by atoms with Crippen LogP contribution in [-0.4, -0.2) is 23.5 Å². The van der Waals surface area contributed by atoms with E-state index in [1.165, 1.54) is 0 Å². The molecule has 0 radical (unpaired) electrons. The number of hydrogen-bond donors (Lipinski definition) is 1. The van der Waals surface area contributed by atoms with Crippen LogP contribution >= 0.6 is 0 Å². The zero-order valence-electron chi connectivity index (χ0n) is 10.1. The second-order valence-electron chi connectivity index (χ2n) is 3.83. The standard InChI is InChI=1S/C13H17NO3/c1-3-12(15)14(9-8-13(16)17)11-7-5-4-6-10(11)2/h4-7H,3,8-9H2,1-2H3,(H,16,17). The van der Waals surface area contributed by atoms with Crippen LogP contribution in [0.4, 0.5) is 5.69 Å². The van der Waals surface area contributed by atoms with E-state index >= 15 is 0 Å². The molecule has 1 aromatic carbocycles. The molecule has 0 unspecified atom stereocenters. The molecule has 0 aromatic heterocycles. The van der Waals surface area contributed by atoms with Crippen molar-refractivity contribution >= 4 is 17.6 Å². The van der Waals surface area contributed by atoms with Gasteiger partial charge in [0.2, 0.25) is 5.91 Å². The number of rotatable bonds is 5. The van der Waals surface area contributed by atoms with Gasteiger partial charge in [-0.1, -0.05) is 25.1 Å². The predicted molar refractivity (Wildman–Crippen MR) is 66.1 cm³/mol. The van der Waals surface area contributed by atoms with Crippen molar-refractivity contribution in [1.29, 1.82) is 0 Å². The number of aliphatic carboxylic acids is 1.